The zero-order valence-corrected chi connectivity index (χ0v) is 34.8. The molecule has 5 aromatic carbocycles. The predicted octanol–water partition coefficient (Wildman–Crippen LogP) is 5.12. The summed E-state index contributed by atoms with van der Waals surface area (Å²) in [5.41, 5.74) is -0.560. The topological polar surface area (TPSA) is 333 Å². The van der Waals surface area contributed by atoms with Gasteiger partial charge in [0.05, 0.1) is 0 Å². The van der Waals surface area contributed by atoms with E-state index in [1.807, 2.05) is 0 Å². The molecule has 7 rings (SSSR count). The smallest absolute Gasteiger partial charge is 0.446 e. The predicted molar refractivity (Wildman–Crippen MR) is 220 cm³/mol. The van der Waals surface area contributed by atoms with Gasteiger partial charge in [-0.1, -0.05) is 18.2 Å². The first kappa shape index (κ1) is 45.0. The summed E-state index contributed by atoms with van der Waals surface area (Å²) in [4.78, 5) is 26.9. The molecular weight excluding hydrogens is 937 g/mol. The van der Waals surface area contributed by atoms with Gasteiger partial charge in [-0.25, -0.2) is 0 Å². The highest BCUT2D eigenvalue weighted by Crippen LogP contribution is 2.35. The quantitative estimate of drug-likeness (QED) is 0.0913. The van der Waals surface area contributed by atoms with Gasteiger partial charge in [-0.05, 0) is 65.7 Å². The lowest BCUT2D eigenvalue weighted by Gasteiger charge is -2.14. The van der Waals surface area contributed by atoms with Crippen LogP contribution in [0.5, 0.6) is 34.5 Å². The summed E-state index contributed by atoms with van der Waals surface area (Å²) in [6.45, 7) is -0.574. The van der Waals surface area contributed by atoms with Crippen molar-refractivity contribution < 1.29 is 86.9 Å². The van der Waals surface area contributed by atoms with Crippen LogP contribution >= 0.6 is 0 Å². The summed E-state index contributed by atoms with van der Waals surface area (Å²) in [6, 6.07) is 22.4. The Kier molecular flexibility index (Phi) is 12.1. The molecule has 0 aliphatic rings. The van der Waals surface area contributed by atoms with Crippen LogP contribution in [0.3, 0.4) is 0 Å². The number of ether oxygens (including phenoxy) is 2. The molecule has 26 heteroatoms. The van der Waals surface area contributed by atoms with E-state index in [1.54, 1.807) is 24.3 Å². The number of benzene rings is 5. The van der Waals surface area contributed by atoms with E-state index in [0.717, 1.165) is 60.7 Å². The highest BCUT2D eigenvalue weighted by atomic mass is 32.3. The van der Waals surface area contributed by atoms with E-state index in [1.165, 1.54) is 24.3 Å². The van der Waals surface area contributed by atoms with Crippen LogP contribution in [0.25, 0.3) is 44.6 Å². The largest absolute Gasteiger partial charge is 0.488 e. The molecule has 0 amide bonds. The van der Waals surface area contributed by atoms with Crippen molar-refractivity contribution in [3.05, 3.63) is 141 Å². The van der Waals surface area contributed by atoms with E-state index in [-0.39, 0.29) is 80.8 Å². The van der Waals surface area contributed by atoms with Crippen molar-refractivity contribution in [3.8, 4) is 57.1 Å². The Morgan fingerprint density at radius 2 is 0.766 bits per heavy atom. The molecule has 64 heavy (non-hydrogen) atoms. The second-order valence-electron chi connectivity index (χ2n) is 13.0. The minimum atomic E-state index is -5.08. The highest BCUT2D eigenvalue weighted by Gasteiger charge is 2.20. The molecule has 0 unspecified atom stereocenters. The molecule has 0 spiro atoms. The van der Waals surface area contributed by atoms with Gasteiger partial charge in [-0.15, -0.1) is 0 Å². The Morgan fingerprint density at radius 3 is 1.11 bits per heavy atom. The van der Waals surface area contributed by atoms with Crippen LogP contribution in [-0.2, 0) is 54.8 Å². The number of rotatable bonds is 16. The van der Waals surface area contributed by atoms with E-state index >= 15 is 0 Å². The maximum absolute atomic E-state index is 13.5. The van der Waals surface area contributed by atoms with Gasteiger partial charge in [0.25, 0.3) is 0 Å². The van der Waals surface area contributed by atoms with Gasteiger partial charge in [0.2, 0.25) is 0 Å². The first-order valence-electron chi connectivity index (χ1n) is 17.4. The monoisotopic (exact) mass is 962 g/mol. The summed E-state index contributed by atoms with van der Waals surface area (Å²) in [6.07, 6.45) is 0. The van der Waals surface area contributed by atoms with E-state index in [4.69, 9.17) is 27.4 Å². The SMILES string of the molecule is O=c1cc(-c2ccc(OS(=O)(=O)O)cc2)oc2cc(OS(=O)(=O)O)cc(OCc3cccc(COc4cc(OS(=O)(=O)O)cc5oc(-c6ccc(OS(=O)(=O)O)cc6)cc(=O)c45)c3)c12. The molecule has 2 aromatic heterocycles. The maximum atomic E-state index is 13.5. The zero-order chi connectivity index (χ0) is 46.2. The lowest BCUT2D eigenvalue weighted by atomic mass is 10.1. The van der Waals surface area contributed by atoms with Gasteiger partial charge in [0.1, 0.15) is 69.7 Å². The second kappa shape index (κ2) is 17.3. The fraction of sp³-hybridized carbons (Fsp3) is 0.0526. The molecule has 0 aliphatic heterocycles. The molecule has 334 valence electrons. The van der Waals surface area contributed by atoms with Crippen molar-refractivity contribution in [3.63, 3.8) is 0 Å². The number of hydrogen-bond donors (Lipinski definition) is 4. The normalized spacial score (nSPS) is 12.2. The molecule has 2 heterocycles. The fourth-order valence-corrected chi connectivity index (χ4v) is 7.42. The Labute approximate surface area is 360 Å². The Balaban J connectivity index is 1.15. The van der Waals surface area contributed by atoms with Gasteiger partial charge in [0.15, 0.2) is 22.4 Å². The highest BCUT2D eigenvalue weighted by molar-refractivity contribution is 7.82. The minimum Gasteiger partial charge on any atom is -0.488 e. The Morgan fingerprint density at radius 1 is 0.422 bits per heavy atom. The number of fused-ring (bicyclic) bond motifs is 2. The van der Waals surface area contributed by atoms with E-state index in [2.05, 4.69) is 16.7 Å². The molecule has 0 radical (unpaired) electrons. The summed E-state index contributed by atoms with van der Waals surface area (Å²) in [5.74, 6) is -2.21. The summed E-state index contributed by atoms with van der Waals surface area (Å²) in [5, 5.41) is -0.359. The average Bonchev–Trinajstić information content (AvgIpc) is 3.17. The molecule has 0 bridgehead atoms. The molecule has 0 aliphatic carbocycles. The molecule has 22 nitrogen and oxygen atoms in total. The third-order valence-corrected chi connectivity index (χ3v) is 10.0. The molecule has 0 fully saturated rings. The van der Waals surface area contributed by atoms with Crippen molar-refractivity contribution in [2.75, 3.05) is 0 Å². The minimum absolute atomic E-state index is 0.0824. The average molecular weight is 963 g/mol. The first-order chi connectivity index (χ1) is 29.9. The fourth-order valence-electron chi connectivity index (χ4n) is 6.03. The molecule has 0 saturated carbocycles. The van der Waals surface area contributed by atoms with Crippen LogP contribution in [-0.4, -0.2) is 51.9 Å². The summed E-state index contributed by atoms with van der Waals surface area (Å²) < 4.78 is 169. The maximum Gasteiger partial charge on any atom is 0.446 e. The first-order valence-corrected chi connectivity index (χ1v) is 22.9. The van der Waals surface area contributed by atoms with Crippen LogP contribution in [0.15, 0.2) is 128 Å². The van der Waals surface area contributed by atoms with Gasteiger partial charge < -0.3 is 35.0 Å². The van der Waals surface area contributed by atoms with Crippen molar-refractivity contribution in [1.82, 2.24) is 0 Å². The van der Waals surface area contributed by atoms with Gasteiger partial charge in [0, 0.05) is 47.5 Å². The van der Waals surface area contributed by atoms with Gasteiger partial charge >= 0.3 is 41.6 Å². The standard InChI is InChI=1S/C38H26O22S4/c39-29-17-31(23-4-8-25(9-5-23)57-61(41,42)43)55-35-15-27(59-63(47,48)49)13-33(37(29)35)53-19-21-2-1-3-22(12-21)20-54-34-14-28(60-64(50,51)52)16-36-38(34)30(40)18-32(56-36)24-6-10-26(11-7-24)58-62(44,45)46/h1-18H,19-20H2,(H,41,42,43)(H,44,45,46)(H,47,48,49)(H,50,51,52). The lowest BCUT2D eigenvalue weighted by Crippen LogP contribution is -2.09. The lowest BCUT2D eigenvalue weighted by molar-refractivity contribution is 0.302. The van der Waals surface area contributed by atoms with Crippen molar-refractivity contribution in [2.45, 2.75) is 13.2 Å². The Hall–Kier alpha value is -7.04. The third kappa shape index (κ3) is 11.7. The van der Waals surface area contributed by atoms with E-state index in [0.29, 0.717) is 11.1 Å². The van der Waals surface area contributed by atoms with E-state index in [9.17, 15) is 52.4 Å². The Bertz CT molecular complexity index is 3300. The van der Waals surface area contributed by atoms with Crippen LogP contribution < -0.4 is 37.1 Å². The van der Waals surface area contributed by atoms with Gasteiger partial charge in [-0.2, -0.15) is 33.7 Å². The summed E-state index contributed by atoms with van der Waals surface area (Å²) >= 11 is 0. The van der Waals surface area contributed by atoms with Crippen LogP contribution in [0.4, 0.5) is 0 Å². The van der Waals surface area contributed by atoms with E-state index < -0.39 is 64.0 Å². The second-order valence-corrected chi connectivity index (χ2v) is 17.1. The molecular formula is C38H26O22S4. The van der Waals surface area contributed by atoms with Crippen LogP contribution in [0, 0.1) is 0 Å². The van der Waals surface area contributed by atoms with Crippen LogP contribution in [0.1, 0.15) is 11.1 Å². The molecule has 0 saturated heterocycles. The molecule has 0 atom stereocenters. The van der Waals surface area contributed by atoms with Crippen molar-refractivity contribution >= 4 is 63.5 Å². The van der Waals surface area contributed by atoms with Crippen molar-refractivity contribution in [1.29, 1.82) is 0 Å². The zero-order valence-electron chi connectivity index (χ0n) is 31.6. The number of hydrogen-bond acceptors (Lipinski definition) is 18. The molecule has 7 aromatic rings. The van der Waals surface area contributed by atoms with Crippen LogP contribution in [0.2, 0.25) is 0 Å². The summed E-state index contributed by atoms with van der Waals surface area (Å²) in [7, 11) is -19.8. The van der Waals surface area contributed by atoms with Gasteiger partial charge in [-0.3, -0.25) is 27.8 Å². The third-order valence-electron chi connectivity index (χ3n) is 8.40. The molecule has 4 N–H and O–H groups in total. The van der Waals surface area contributed by atoms with Crippen molar-refractivity contribution in [2.24, 2.45) is 0 Å².